The number of Topliss-reactive ketones (excluding diaryl/α,β-unsaturated/α-hetero) is 1. The first-order valence-electron chi connectivity index (χ1n) is 4.65. The number of rotatable bonds is 1. The molecule has 0 aromatic heterocycles. The van der Waals surface area contributed by atoms with Gasteiger partial charge in [-0.3, -0.25) is 4.79 Å². The molecule has 3 heteroatoms. The van der Waals surface area contributed by atoms with Gasteiger partial charge in [-0.2, -0.15) is 0 Å². The van der Waals surface area contributed by atoms with Gasteiger partial charge in [-0.05, 0) is 18.6 Å². The van der Waals surface area contributed by atoms with E-state index in [1.165, 1.54) is 0 Å². The van der Waals surface area contributed by atoms with E-state index in [0.717, 1.165) is 11.1 Å². The molecule has 0 spiro atoms. The lowest BCUT2D eigenvalue weighted by atomic mass is 10.1. The Hall–Kier alpha value is -1.90. The number of hydrogen-bond acceptors (Lipinski definition) is 3. The minimum absolute atomic E-state index is 0.0888. The van der Waals surface area contributed by atoms with Gasteiger partial charge >= 0.3 is 5.97 Å². The second-order valence-corrected chi connectivity index (χ2v) is 3.49. The largest absolute Gasteiger partial charge is 0.455 e. The molecule has 0 bridgehead atoms. The minimum Gasteiger partial charge on any atom is -0.455 e. The van der Waals surface area contributed by atoms with Crippen LogP contribution in [0.1, 0.15) is 11.1 Å². The predicted octanol–water partition coefficient (Wildman–Crippen LogP) is 1.50. The SMILES string of the molecule is Cc1ccc(/C=C2\COC(=O)C2=O)cc1. The second kappa shape index (κ2) is 3.69. The molecule has 1 heterocycles. The zero-order valence-corrected chi connectivity index (χ0v) is 8.32. The van der Waals surface area contributed by atoms with E-state index in [-0.39, 0.29) is 6.61 Å². The molecule has 0 aliphatic carbocycles. The molecule has 0 unspecified atom stereocenters. The standard InChI is InChI=1S/C12H10O3/c1-8-2-4-9(5-3-8)6-10-7-15-12(14)11(10)13/h2-6H,7H2,1H3/b10-6+. The molecule has 1 aliphatic heterocycles. The normalized spacial score (nSPS) is 18.3. The number of carbonyl (C=O) groups excluding carboxylic acids is 2. The third-order valence-electron chi connectivity index (χ3n) is 2.25. The highest BCUT2D eigenvalue weighted by Gasteiger charge is 2.28. The van der Waals surface area contributed by atoms with Gasteiger partial charge in [0.2, 0.25) is 0 Å². The van der Waals surface area contributed by atoms with Crippen LogP contribution >= 0.6 is 0 Å². The fourth-order valence-electron chi connectivity index (χ4n) is 1.38. The van der Waals surface area contributed by atoms with E-state index in [1.807, 2.05) is 31.2 Å². The number of benzene rings is 1. The van der Waals surface area contributed by atoms with Crippen LogP contribution in [0.2, 0.25) is 0 Å². The van der Waals surface area contributed by atoms with E-state index in [1.54, 1.807) is 6.08 Å². The fraction of sp³-hybridized carbons (Fsp3) is 0.167. The number of aryl methyl sites for hydroxylation is 1. The van der Waals surface area contributed by atoms with Crippen LogP contribution in [0.25, 0.3) is 6.08 Å². The van der Waals surface area contributed by atoms with Crippen LogP contribution in [0.5, 0.6) is 0 Å². The van der Waals surface area contributed by atoms with Crippen LogP contribution in [-0.2, 0) is 14.3 Å². The van der Waals surface area contributed by atoms with Crippen molar-refractivity contribution in [2.45, 2.75) is 6.92 Å². The van der Waals surface area contributed by atoms with Crippen LogP contribution in [0, 0.1) is 6.92 Å². The lowest BCUT2D eigenvalue weighted by molar-refractivity contribution is -0.146. The molecular weight excluding hydrogens is 192 g/mol. The molecular formula is C12H10O3. The maximum absolute atomic E-state index is 11.2. The molecule has 2 rings (SSSR count). The predicted molar refractivity (Wildman–Crippen MR) is 55.1 cm³/mol. The van der Waals surface area contributed by atoms with E-state index in [0.29, 0.717) is 5.57 Å². The summed E-state index contributed by atoms with van der Waals surface area (Å²) in [5.41, 5.74) is 2.48. The van der Waals surface area contributed by atoms with Crippen molar-refractivity contribution in [3.8, 4) is 0 Å². The summed E-state index contributed by atoms with van der Waals surface area (Å²) >= 11 is 0. The van der Waals surface area contributed by atoms with Crippen molar-refractivity contribution in [1.29, 1.82) is 0 Å². The van der Waals surface area contributed by atoms with Crippen molar-refractivity contribution >= 4 is 17.8 Å². The van der Waals surface area contributed by atoms with Crippen molar-refractivity contribution in [3.63, 3.8) is 0 Å². The highest BCUT2D eigenvalue weighted by Crippen LogP contribution is 2.14. The molecule has 0 atom stereocenters. The highest BCUT2D eigenvalue weighted by molar-refractivity contribution is 6.43. The molecule has 1 aliphatic rings. The summed E-state index contributed by atoms with van der Waals surface area (Å²) in [6.07, 6.45) is 1.69. The summed E-state index contributed by atoms with van der Waals surface area (Å²) in [5, 5.41) is 0. The third kappa shape index (κ3) is 1.96. The molecule has 0 N–H and O–H groups in total. The van der Waals surface area contributed by atoms with Crippen LogP contribution in [0.4, 0.5) is 0 Å². The molecule has 0 radical (unpaired) electrons. The van der Waals surface area contributed by atoms with Crippen LogP contribution in [-0.4, -0.2) is 18.4 Å². The molecule has 76 valence electrons. The van der Waals surface area contributed by atoms with Gasteiger partial charge in [-0.1, -0.05) is 29.8 Å². The summed E-state index contributed by atoms with van der Waals surface area (Å²) in [4.78, 5) is 22.0. The number of hydrogen-bond donors (Lipinski definition) is 0. The van der Waals surface area contributed by atoms with Crippen LogP contribution in [0.3, 0.4) is 0 Å². The van der Waals surface area contributed by atoms with E-state index in [2.05, 4.69) is 4.74 Å². The Labute approximate surface area is 87.4 Å². The van der Waals surface area contributed by atoms with Gasteiger partial charge in [-0.15, -0.1) is 0 Å². The van der Waals surface area contributed by atoms with Gasteiger partial charge in [0, 0.05) is 5.57 Å². The van der Waals surface area contributed by atoms with Crippen molar-refractivity contribution < 1.29 is 14.3 Å². The van der Waals surface area contributed by atoms with E-state index < -0.39 is 11.8 Å². The van der Waals surface area contributed by atoms with Gasteiger partial charge in [0.1, 0.15) is 6.61 Å². The Morgan fingerprint density at radius 3 is 2.40 bits per heavy atom. The van der Waals surface area contributed by atoms with Gasteiger partial charge in [0.15, 0.2) is 0 Å². The Kier molecular flexibility index (Phi) is 2.37. The van der Waals surface area contributed by atoms with Gasteiger partial charge in [0.05, 0.1) is 0 Å². The van der Waals surface area contributed by atoms with Gasteiger partial charge in [0.25, 0.3) is 5.78 Å². The summed E-state index contributed by atoms with van der Waals surface area (Å²) in [7, 11) is 0. The average Bonchev–Trinajstić information content (AvgIpc) is 2.53. The minimum atomic E-state index is -0.756. The Bertz CT molecular complexity index is 440. The molecule has 1 fully saturated rings. The number of esters is 1. The first-order valence-corrected chi connectivity index (χ1v) is 4.65. The number of cyclic esters (lactones) is 1. The fourth-order valence-corrected chi connectivity index (χ4v) is 1.38. The molecule has 1 aromatic rings. The summed E-state index contributed by atoms with van der Waals surface area (Å²) < 4.78 is 4.62. The molecule has 1 saturated heterocycles. The lowest BCUT2D eigenvalue weighted by Gasteiger charge is -1.95. The maximum Gasteiger partial charge on any atom is 0.379 e. The van der Waals surface area contributed by atoms with Crippen molar-refractivity contribution in [1.82, 2.24) is 0 Å². The first-order chi connectivity index (χ1) is 7.16. The summed E-state index contributed by atoms with van der Waals surface area (Å²) in [6.45, 7) is 2.08. The van der Waals surface area contributed by atoms with Crippen LogP contribution < -0.4 is 0 Å². The van der Waals surface area contributed by atoms with Gasteiger partial charge < -0.3 is 4.74 Å². The second-order valence-electron chi connectivity index (χ2n) is 3.49. The van der Waals surface area contributed by atoms with Crippen molar-refractivity contribution in [2.24, 2.45) is 0 Å². The number of ether oxygens (including phenoxy) is 1. The molecule has 1 aromatic carbocycles. The van der Waals surface area contributed by atoms with E-state index >= 15 is 0 Å². The molecule has 3 nitrogen and oxygen atoms in total. The molecule has 0 amide bonds. The highest BCUT2D eigenvalue weighted by atomic mass is 16.5. The quantitative estimate of drug-likeness (QED) is 0.394. The molecule has 15 heavy (non-hydrogen) atoms. The van der Waals surface area contributed by atoms with Crippen molar-refractivity contribution in [3.05, 3.63) is 41.0 Å². The topological polar surface area (TPSA) is 43.4 Å². The number of carbonyl (C=O) groups is 2. The van der Waals surface area contributed by atoms with E-state index in [9.17, 15) is 9.59 Å². The Morgan fingerprint density at radius 1 is 1.20 bits per heavy atom. The van der Waals surface area contributed by atoms with Gasteiger partial charge in [-0.25, -0.2) is 4.79 Å². The number of ketones is 1. The lowest BCUT2D eigenvalue weighted by Crippen LogP contribution is -2.06. The maximum atomic E-state index is 11.2. The summed E-state index contributed by atoms with van der Waals surface area (Å²) in [6, 6.07) is 7.71. The Balaban J connectivity index is 2.27. The van der Waals surface area contributed by atoms with Crippen LogP contribution in [0.15, 0.2) is 29.8 Å². The summed E-state index contributed by atoms with van der Waals surface area (Å²) in [5.74, 6) is -1.29. The molecule has 0 saturated carbocycles. The third-order valence-corrected chi connectivity index (χ3v) is 2.25. The van der Waals surface area contributed by atoms with E-state index in [4.69, 9.17) is 0 Å². The zero-order valence-electron chi connectivity index (χ0n) is 8.32. The first kappa shape index (κ1) is 9.65. The Morgan fingerprint density at radius 2 is 1.87 bits per heavy atom. The monoisotopic (exact) mass is 202 g/mol. The average molecular weight is 202 g/mol. The smallest absolute Gasteiger partial charge is 0.379 e. The zero-order chi connectivity index (χ0) is 10.8. The van der Waals surface area contributed by atoms with Crippen molar-refractivity contribution in [2.75, 3.05) is 6.61 Å².